The first-order valence-electron chi connectivity index (χ1n) is 5.06. The molecule has 0 spiro atoms. The Morgan fingerprint density at radius 3 is 2.41 bits per heavy atom. The lowest BCUT2D eigenvalue weighted by Gasteiger charge is -2.07. The maximum atomic E-state index is 6.11. The minimum absolute atomic E-state index is 0.672. The van der Waals surface area contributed by atoms with Gasteiger partial charge in [0.2, 0.25) is 0 Å². The highest BCUT2D eigenvalue weighted by Crippen LogP contribution is 2.37. The van der Waals surface area contributed by atoms with Crippen LogP contribution in [0.3, 0.4) is 0 Å². The molecule has 0 aliphatic heterocycles. The van der Waals surface area contributed by atoms with Crippen molar-refractivity contribution in [3.05, 3.63) is 47.5 Å². The molecule has 0 heterocycles. The van der Waals surface area contributed by atoms with Crippen LogP contribution in [-0.4, -0.2) is 7.11 Å². The highest BCUT2D eigenvalue weighted by atomic mass is 35.5. The van der Waals surface area contributed by atoms with Crippen LogP contribution in [-0.2, 0) is 0 Å². The minimum atomic E-state index is 0.672. The van der Waals surface area contributed by atoms with E-state index in [1.807, 2.05) is 42.5 Å². The molecule has 0 fully saturated rings. The van der Waals surface area contributed by atoms with Gasteiger partial charge in [-0.15, -0.1) is 0 Å². The van der Waals surface area contributed by atoms with Crippen LogP contribution in [0.25, 0.3) is 0 Å². The minimum Gasteiger partial charge on any atom is -0.497 e. The average molecular weight is 266 g/mol. The molecule has 0 radical (unpaired) electrons. The number of anilines is 1. The number of rotatable bonds is 3. The van der Waals surface area contributed by atoms with Crippen LogP contribution in [0, 0.1) is 0 Å². The van der Waals surface area contributed by atoms with Crippen LogP contribution in [0.4, 0.5) is 5.69 Å². The Balaban J connectivity index is 2.25. The Morgan fingerprint density at radius 2 is 1.82 bits per heavy atom. The van der Waals surface area contributed by atoms with Gasteiger partial charge in [0.25, 0.3) is 0 Å². The quantitative estimate of drug-likeness (QED) is 0.850. The fraction of sp³-hybridized carbons (Fsp3) is 0.0769. The fourth-order valence-electron chi connectivity index (χ4n) is 1.39. The maximum absolute atomic E-state index is 6.11. The number of halogens is 1. The van der Waals surface area contributed by atoms with Crippen LogP contribution < -0.4 is 10.5 Å². The Bertz CT molecular complexity index is 493. The van der Waals surface area contributed by atoms with Crippen molar-refractivity contribution in [2.24, 2.45) is 0 Å². The van der Waals surface area contributed by atoms with Crippen LogP contribution in [0.1, 0.15) is 0 Å². The molecule has 0 aromatic heterocycles. The molecule has 2 aromatic rings. The second kappa shape index (κ2) is 5.34. The third-order valence-electron chi connectivity index (χ3n) is 2.28. The van der Waals surface area contributed by atoms with Gasteiger partial charge in [-0.1, -0.05) is 29.4 Å². The lowest BCUT2D eigenvalue weighted by molar-refractivity contribution is 0.414. The third-order valence-corrected chi connectivity index (χ3v) is 3.87. The van der Waals surface area contributed by atoms with Crippen molar-refractivity contribution >= 4 is 29.1 Å². The molecule has 0 atom stereocenters. The molecule has 2 N–H and O–H groups in total. The molecule has 2 nitrogen and oxygen atoms in total. The summed E-state index contributed by atoms with van der Waals surface area (Å²) in [5.74, 6) is 0.835. The molecule has 0 unspecified atom stereocenters. The fourth-order valence-corrected chi connectivity index (χ4v) is 2.55. The smallest absolute Gasteiger partial charge is 0.118 e. The number of ether oxygens (including phenoxy) is 1. The molecule has 0 saturated heterocycles. The van der Waals surface area contributed by atoms with Gasteiger partial charge in [0.05, 0.1) is 17.0 Å². The lowest BCUT2D eigenvalue weighted by atomic mass is 10.3. The second-order valence-corrected chi connectivity index (χ2v) is 4.93. The van der Waals surface area contributed by atoms with Crippen molar-refractivity contribution < 1.29 is 4.74 Å². The lowest BCUT2D eigenvalue weighted by Crippen LogP contribution is -1.88. The van der Waals surface area contributed by atoms with Crippen molar-refractivity contribution in [2.75, 3.05) is 12.8 Å². The summed E-state index contributed by atoms with van der Waals surface area (Å²) in [4.78, 5) is 1.96. The van der Waals surface area contributed by atoms with E-state index in [2.05, 4.69) is 0 Å². The number of methoxy groups -OCH3 is 1. The first kappa shape index (κ1) is 12.1. The first-order chi connectivity index (χ1) is 8.20. The van der Waals surface area contributed by atoms with Crippen molar-refractivity contribution in [2.45, 2.75) is 9.79 Å². The molecular formula is C13H12ClNOS. The zero-order chi connectivity index (χ0) is 12.3. The number of nitrogen functional groups attached to an aromatic ring is 1. The topological polar surface area (TPSA) is 35.2 Å². The molecule has 2 rings (SSSR count). The maximum Gasteiger partial charge on any atom is 0.118 e. The number of nitrogens with two attached hydrogens (primary N) is 1. The van der Waals surface area contributed by atoms with E-state index in [0.29, 0.717) is 10.7 Å². The van der Waals surface area contributed by atoms with Crippen LogP contribution in [0.2, 0.25) is 5.02 Å². The Morgan fingerprint density at radius 1 is 1.12 bits per heavy atom. The largest absolute Gasteiger partial charge is 0.497 e. The van der Waals surface area contributed by atoms with Crippen LogP contribution >= 0.6 is 23.4 Å². The third kappa shape index (κ3) is 2.87. The van der Waals surface area contributed by atoms with Gasteiger partial charge in [-0.3, -0.25) is 0 Å². The molecule has 0 bridgehead atoms. The molecule has 0 amide bonds. The highest BCUT2D eigenvalue weighted by molar-refractivity contribution is 7.99. The van der Waals surface area contributed by atoms with Crippen molar-refractivity contribution in [1.29, 1.82) is 0 Å². The standard InChI is InChI=1S/C13H12ClNOS/c1-16-9-5-7-10(8-6-9)17-13-11(14)3-2-4-12(13)15/h2-8H,15H2,1H3. The number of hydrogen-bond donors (Lipinski definition) is 1. The highest BCUT2D eigenvalue weighted by Gasteiger charge is 2.06. The molecule has 4 heteroatoms. The summed E-state index contributed by atoms with van der Waals surface area (Å²) in [7, 11) is 1.65. The summed E-state index contributed by atoms with van der Waals surface area (Å²) in [6.45, 7) is 0. The summed E-state index contributed by atoms with van der Waals surface area (Å²) in [5.41, 5.74) is 6.59. The predicted octanol–water partition coefficient (Wildman–Crippen LogP) is 4.08. The molecule has 2 aromatic carbocycles. The van der Waals surface area contributed by atoms with Crippen molar-refractivity contribution in [3.8, 4) is 5.75 Å². The normalized spacial score (nSPS) is 10.2. The summed E-state index contributed by atoms with van der Waals surface area (Å²) in [5, 5.41) is 0.672. The molecule has 88 valence electrons. The van der Waals surface area contributed by atoms with Crippen molar-refractivity contribution in [1.82, 2.24) is 0 Å². The molecule has 0 aliphatic carbocycles. The van der Waals surface area contributed by atoms with E-state index in [1.54, 1.807) is 18.9 Å². The van der Waals surface area contributed by atoms with Gasteiger partial charge < -0.3 is 10.5 Å². The van der Waals surface area contributed by atoms with Gasteiger partial charge in [0.15, 0.2) is 0 Å². The Labute approximate surface area is 110 Å². The molecule has 0 aliphatic rings. The summed E-state index contributed by atoms with van der Waals surface area (Å²) in [6.07, 6.45) is 0. The predicted molar refractivity (Wildman–Crippen MR) is 73.0 cm³/mol. The Kier molecular flexibility index (Phi) is 3.82. The summed E-state index contributed by atoms with van der Waals surface area (Å²) < 4.78 is 5.11. The molecule has 17 heavy (non-hydrogen) atoms. The van der Waals surface area contributed by atoms with Gasteiger partial charge >= 0.3 is 0 Å². The summed E-state index contributed by atoms with van der Waals surface area (Å²) >= 11 is 7.66. The van der Waals surface area contributed by atoms with E-state index in [9.17, 15) is 0 Å². The zero-order valence-electron chi connectivity index (χ0n) is 9.31. The van der Waals surface area contributed by atoms with Crippen LogP contribution in [0.15, 0.2) is 52.3 Å². The van der Waals surface area contributed by atoms with Gasteiger partial charge in [0.1, 0.15) is 5.75 Å². The Hall–Kier alpha value is -1.32. The van der Waals surface area contributed by atoms with E-state index in [0.717, 1.165) is 15.5 Å². The van der Waals surface area contributed by atoms with E-state index in [4.69, 9.17) is 22.1 Å². The molecular weight excluding hydrogens is 254 g/mol. The van der Waals surface area contributed by atoms with Crippen molar-refractivity contribution in [3.63, 3.8) is 0 Å². The number of benzene rings is 2. The van der Waals surface area contributed by atoms with Gasteiger partial charge in [-0.05, 0) is 36.4 Å². The number of hydrogen-bond acceptors (Lipinski definition) is 3. The second-order valence-electron chi connectivity index (χ2n) is 3.44. The first-order valence-corrected chi connectivity index (χ1v) is 6.26. The van der Waals surface area contributed by atoms with Gasteiger partial charge in [-0.2, -0.15) is 0 Å². The SMILES string of the molecule is COc1ccc(Sc2c(N)cccc2Cl)cc1. The zero-order valence-corrected chi connectivity index (χ0v) is 10.9. The molecule has 0 saturated carbocycles. The monoisotopic (exact) mass is 265 g/mol. The average Bonchev–Trinajstić information content (AvgIpc) is 2.35. The van der Waals surface area contributed by atoms with Crippen LogP contribution in [0.5, 0.6) is 5.75 Å². The summed E-state index contributed by atoms with van der Waals surface area (Å²) in [6, 6.07) is 13.3. The van der Waals surface area contributed by atoms with E-state index in [1.165, 1.54) is 0 Å². The van der Waals surface area contributed by atoms with E-state index >= 15 is 0 Å². The van der Waals surface area contributed by atoms with E-state index < -0.39 is 0 Å². The van der Waals surface area contributed by atoms with E-state index in [-0.39, 0.29) is 0 Å². The van der Waals surface area contributed by atoms with Gasteiger partial charge in [0, 0.05) is 10.6 Å². The van der Waals surface area contributed by atoms with Gasteiger partial charge in [-0.25, -0.2) is 0 Å².